The minimum Gasteiger partial charge on any atom is -0.459 e. The Hall–Kier alpha value is -4.08. The first-order chi connectivity index (χ1) is 18.1. The molecule has 0 aliphatic carbocycles. The van der Waals surface area contributed by atoms with Gasteiger partial charge in [-0.05, 0) is 59.6 Å². The average Bonchev–Trinajstić information content (AvgIpc) is 2.83. The minimum absolute atomic E-state index is 0.0257. The number of hydrazine groups is 1. The molecule has 0 saturated carbocycles. The molecule has 0 aliphatic rings. The molecule has 0 aliphatic heterocycles. The zero-order valence-corrected chi connectivity index (χ0v) is 23.6. The van der Waals surface area contributed by atoms with Gasteiger partial charge >= 0.3 is 18.2 Å². The van der Waals surface area contributed by atoms with Gasteiger partial charge in [0.2, 0.25) is 0 Å². The van der Waals surface area contributed by atoms with Crippen molar-refractivity contribution >= 4 is 24.1 Å². The van der Waals surface area contributed by atoms with Gasteiger partial charge < -0.3 is 19.5 Å². The van der Waals surface area contributed by atoms with Crippen LogP contribution in [0.25, 0.3) is 0 Å². The van der Waals surface area contributed by atoms with Gasteiger partial charge in [0.25, 0.3) is 5.91 Å². The van der Waals surface area contributed by atoms with E-state index in [2.05, 4.69) is 10.7 Å². The lowest BCUT2D eigenvalue weighted by Gasteiger charge is -2.32. The lowest BCUT2D eigenvalue weighted by molar-refractivity contribution is -0.158. The number of carbonyl (C=O) groups excluding carboxylic acids is 4. The van der Waals surface area contributed by atoms with Crippen LogP contribution >= 0.6 is 0 Å². The Morgan fingerprint density at radius 3 is 1.77 bits per heavy atom. The second-order valence-corrected chi connectivity index (χ2v) is 11.0. The van der Waals surface area contributed by atoms with Gasteiger partial charge in [-0.15, -0.1) is 0 Å². The Morgan fingerprint density at radius 2 is 1.26 bits per heavy atom. The van der Waals surface area contributed by atoms with Crippen molar-refractivity contribution in [3.05, 3.63) is 71.8 Å². The Kier molecular flexibility index (Phi) is 10.9. The quantitative estimate of drug-likeness (QED) is 0.286. The third kappa shape index (κ3) is 11.5. The highest BCUT2D eigenvalue weighted by molar-refractivity contribution is 5.91. The number of nitrogens with one attached hydrogen (secondary N) is 2. The van der Waals surface area contributed by atoms with Crippen molar-refractivity contribution in [3.63, 3.8) is 0 Å². The van der Waals surface area contributed by atoms with Crippen LogP contribution in [0.4, 0.5) is 9.59 Å². The van der Waals surface area contributed by atoms with Crippen LogP contribution < -0.4 is 10.7 Å². The van der Waals surface area contributed by atoms with Crippen molar-refractivity contribution in [3.8, 4) is 0 Å². The minimum atomic E-state index is -1.26. The molecule has 2 N–H and O–H groups in total. The molecular formula is C29H39N3O7. The van der Waals surface area contributed by atoms with E-state index in [-0.39, 0.29) is 13.0 Å². The van der Waals surface area contributed by atoms with E-state index < -0.39 is 47.3 Å². The number of hydrogen-bond donors (Lipinski definition) is 2. The fraction of sp³-hybridized carbons (Fsp3) is 0.448. The Bertz CT molecular complexity index is 1110. The van der Waals surface area contributed by atoms with Crippen LogP contribution in [0.15, 0.2) is 60.7 Å². The van der Waals surface area contributed by atoms with E-state index in [0.717, 1.165) is 16.1 Å². The van der Waals surface area contributed by atoms with Crippen molar-refractivity contribution in [2.45, 2.75) is 84.8 Å². The fourth-order valence-electron chi connectivity index (χ4n) is 3.36. The predicted octanol–water partition coefficient (Wildman–Crippen LogP) is 4.52. The summed E-state index contributed by atoms with van der Waals surface area (Å²) in [5.74, 6) is -1.53. The molecule has 0 fully saturated rings. The lowest BCUT2D eigenvalue weighted by atomic mass is 10.0. The van der Waals surface area contributed by atoms with Crippen molar-refractivity contribution in [2.24, 2.45) is 0 Å². The maximum absolute atomic E-state index is 13.8. The van der Waals surface area contributed by atoms with Crippen molar-refractivity contribution in [2.75, 3.05) is 0 Å². The van der Waals surface area contributed by atoms with E-state index in [1.165, 1.54) is 6.92 Å². The molecule has 2 rings (SSSR count). The zero-order chi connectivity index (χ0) is 29.2. The van der Waals surface area contributed by atoms with Gasteiger partial charge in [0.15, 0.2) is 0 Å². The second-order valence-electron chi connectivity index (χ2n) is 11.0. The number of ether oxygens (including phenoxy) is 3. The van der Waals surface area contributed by atoms with Crippen LogP contribution in [0.1, 0.15) is 59.6 Å². The van der Waals surface area contributed by atoms with Crippen molar-refractivity contribution < 1.29 is 33.4 Å². The number of nitrogens with zero attached hydrogens (tertiary/aromatic N) is 1. The van der Waals surface area contributed by atoms with Crippen molar-refractivity contribution in [1.29, 1.82) is 0 Å². The molecule has 10 nitrogen and oxygen atoms in total. The highest BCUT2D eigenvalue weighted by Gasteiger charge is 2.36. The van der Waals surface area contributed by atoms with Crippen molar-refractivity contribution in [1.82, 2.24) is 15.8 Å². The van der Waals surface area contributed by atoms with Gasteiger partial charge in [-0.3, -0.25) is 4.79 Å². The van der Waals surface area contributed by atoms with Crippen LogP contribution in [0.3, 0.4) is 0 Å². The summed E-state index contributed by atoms with van der Waals surface area (Å²) in [6.07, 6.45) is -1.71. The van der Waals surface area contributed by atoms with E-state index in [1.54, 1.807) is 77.9 Å². The summed E-state index contributed by atoms with van der Waals surface area (Å²) < 4.78 is 16.1. The predicted molar refractivity (Wildman–Crippen MR) is 145 cm³/mol. The second kappa shape index (κ2) is 13.6. The van der Waals surface area contributed by atoms with Gasteiger partial charge in [0, 0.05) is 6.42 Å². The standard InChI is InChI=1S/C29H39N3O7/c1-20(25(34)37-19-22-16-12-9-13-17-22)32(31-27(36)39-29(5,6)7)24(33)23(18-21-14-10-8-11-15-21)30-26(35)38-28(2,3)4/h8-17,20,23H,18-19H2,1-7H3,(H,30,35)(H,31,36)/t20-,23-/m0/s1. The third-order valence-electron chi connectivity index (χ3n) is 5.07. The van der Waals surface area contributed by atoms with Crippen LogP contribution in [-0.2, 0) is 36.8 Å². The summed E-state index contributed by atoms with van der Waals surface area (Å²) in [4.78, 5) is 52.2. The van der Waals surface area contributed by atoms with E-state index >= 15 is 0 Å². The molecule has 0 bridgehead atoms. The molecule has 0 unspecified atom stereocenters. The topological polar surface area (TPSA) is 123 Å². The van der Waals surface area contributed by atoms with Crippen LogP contribution in [0, 0.1) is 0 Å². The van der Waals surface area contributed by atoms with Crippen LogP contribution in [0.2, 0.25) is 0 Å². The molecule has 10 heteroatoms. The smallest absolute Gasteiger partial charge is 0.426 e. The van der Waals surface area contributed by atoms with Gasteiger partial charge in [-0.2, -0.15) is 0 Å². The number of hydrogen-bond acceptors (Lipinski definition) is 7. The summed E-state index contributed by atoms with van der Waals surface area (Å²) in [7, 11) is 0. The monoisotopic (exact) mass is 541 g/mol. The van der Waals surface area contributed by atoms with E-state index in [9.17, 15) is 19.2 Å². The number of amides is 3. The fourth-order valence-corrected chi connectivity index (χ4v) is 3.36. The molecule has 2 aromatic carbocycles. The van der Waals surface area contributed by atoms with Gasteiger partial charge in [-0.1, -0.05) is 60.7 Å². The molecule has 0 aromatic heterocycles. The van der Waals surface area contributed by atoms with Crippen LogP contribution in [-0.4, -0.2) is 52.4 Å². The molecule has 0 heterocycles. The lowest BCUT2D eigenvalue weighted by Crippen LogP contribution is -2.61. The Balaban J connectivity index is 2.33. The van der Waals surface area contributed by atoms with E-state index in [1.807, 2.05) is 24.3 Å². The molecule has 0 saturated heterocycles. The molecule has 39 heavy (non-hydrogen) atoms. The molecule has 3 amide bonds. The summed E-state index contributed by atoms with van der Waals surface area (Å²) in [5.41, 5.74) is 2.18. The normalized spacial score (nSPS) is 12.9. The first-order valence-electron chi connectivity index (χ1n) is 12.7. The van der Waals surface area contributed by atoms with E-state index in [4.69, 9.17) is 14.2 Å². The number of carbonyl (C=O) groups is 4. The van der Waals surface area contributed by atoms with Gasteiger partial charge in [0.05, 0.1) is 0 Å². The van der Waals surface area contributed by atoms with Gasteiger partial charge in [-0.25, -0.2) is 24.8 Å². The molecule has 0 spiro atoms. The Morgan fingerprint density at radius 1 is 0.769 bits per heavy atom. The highest BCUT2D eigenvalue weighted by atomic mass is 16.6. The van der Waals surface area contributed by atoms with E-state index in [0.29, 0.717) is 0 Å². The first kappa shape index (κ1) is 31.1. The number of esters is 1. The molecular weight excluding hydrogens is 502 g/mol. The zero-order valence-electron chi connectivity index (χ0n) is 23.6. The van der Waals surface area contributed by atoms with Gasteiger partial charge in [0.1, 0.15) is 29.9 Å². The largest absolute Gasteiger partial charge is 0.459 e. The molecule has 2 atom stereocenters. The maximum Gasteiger partial charge on any atom is 0.426 e. The number of alkyl carbamates (subject to hydrolysis) is 1. The summed E-state index contributed by atoms with van der Waals surface area (Å²) in [6.45, 7) is 11.5. The first-order valence-corrected chi connectivity index (χ1v) is 12.7. The SMILES string of the molecule is C[C@@H](C(=O)OCc1ccccc1)N(NC(=O)OC(C)(C)C)C(=O)[C@H](Cc1ccccc1)NC(=O)OC(C)(C)C. The number of rotatable bonds is 8. The summed E-state index contributed by atoms with van der Waals surface area (Å²) in [5, 5.41) is 3.40. The highest BCUT2D eigenvalue weighted by Crippen LogP contribution is 2.13. The molecule has 2 aromatic rings. The summed E-state index contributed by atoms with van der Waals surface area (Å²) >= 11 is 0. The molecule has 0 radical (unpaired) electrons. The van der Waals surface area contributed by atoms with Crippen LogP contribution in [0.5, 0.6) is 0 Å². The molecule has 212 valence electrons. The summed E-state index contributed by atoms with van der Waals surface area (Å²) in [6, 6.07) is 15.6. The maximum atomic E-state index is 13.8. The number of benzene rings is 2. The Labute approximate surface area is 230 Å². The third-order valence-corrected chi connectivity index (χ3v) is 5.07. The average molecular weight is 542 g/mol.